The van der Waals surface area contributed by atoms with E-state index in [-0.39, 0.29) is 6.54 Å². The van der Waals surface area contributed by atoms with Crippen LogP contribution >= 0.6 is 0 Å². The van der Waals surface area contributed by atoms with Gasteiger partial charge in [0.2, 0.25) is 0 Å². The molecule has 0 amide bonds. The van der Waals surface area contributed by atoms with Gasteiger partial charge in [-0.3, -0.25) is 0 Å². The lowest BCUT2D eigenvalue weighted by molar-refractivity contribution is -0.904. The monoisotopic (exact) mass is 187 g/mol. The summed E-state index contributed by atoms with van der Waals surface area (Å²) < 4.78 is 0.654. The molecular formula is C9H19N2O2+. The molecule has 1 unspecified atom stereocenters. The Morgan fingerprint density at radius 3 is 2.54 bits per heavy atom. The van der Waals surface area contributed by atoms with Crippen molar-refractivity contribution in [1.82, 2.24) is 5.32 Å². The van der Waals surface area contributed by atoms with E-state index in [2.05, 4.69) is 12.2 Å². The lowest BCUT2D eigenvalue weighted by atomic mass is 10.0. The zero-order valence-corrected chi connectivity index (χ0v) is 8.42. The Bertz CT molecular complexity index is 192. The van der Waals surface area contributed by atoms with Gasteiger partial charge in [-0.15, -0.1) is 0 Å². The summed E-state index contributed by atoms with van der Waals surface area (Å²) >= 11 is 0. The highest BCUT2D eigenvalue weighted by molar-refractivity contribution is 5.67. The van der Waals surface area contributed by atoms with Crippen LogP contribution in [-0.2, 0) is 4.79 Å². The molecule has 13 heavy (non-hydrogen) atoms. The first-order valence-corrected chi connectivity index (χ1v) is 4.82. The second-order valence-electron chi connectivity index (χ2n) is 4.19. The molecule has 1 heterocycles. The molecule has 0 bridgehead atoms. The van der Waals surface area contributed by atoms with Gasteiger partial charge in [0.25, 0.3) is 0 Å². The molecule has 0 aliphatic carbocycles. The smallest absolute Gasteiger partial charge is 0.359 e. The number of carboxylic acid groups (broad SMARTS) is 1. The first-order valence-electron chi connectivity index (χ1n) is 4.82. The molecular weight excluding hydrogens is 168 g/mol. The molecule has 0 aromatic rings. The summed E-state index contributed by atoms with van der Waals surface area (Å²) in [7, 11) is 2.02. The summed E-state index contributed by atoms with van der Waals surface area (Å²) in [5.41, 5.74) is 0. The topological polar surface area (TPSA) is 49.3 Å². The van der Waals surface area contributed by atoms with Crippen LogP contribution in [0.15, 0.2) is 0 Å². The van der Waals surface area contributed by atoms with Gasteiger partial charge in [-0.2, -0.15) is 0 Å². The molecule has 1 rings (SSSR count). The van der Waals surface area contributed by atoms with Crippen LogP contribution in [0.3, 0.4) is 0 Å². The van der Waals surface area contributed by atoms with Crippen LogP contribution in [0.25, 0.3) is 0 Å². The van der Waals surface area contributed by atoms with Gasteiger partial charge in [0.15, 0.2) is 6.54 Å². The number of likely N-dealkylation sites (N-methyl/N-ethyl adjacent to an activating group) is 1. The largest absolute Gasteiger partial charge is 0.477 e. The van der Waals surface area contributed by atoms with E-state index in [0.29, 0.717) is 10.4 Å². The first kappa shape index (κ1) is 10.5. The minimum atomic E-state index is -0.698. The van der Waals surface area contributed by atoms with Gasteiger partial charge < -0.3 is 14.9 Å². The van der Waals surface area contributed by atoms with Crippen LogP contribution in [0.2, 0.25) is 0 Å². The van der Waals surface area contributed by atoms with Crippen molar-refractivity contribution >= 4 is 5.97 Å². The van der Waals surface area contributed by atoms with Crippen LogP contribution < -0.4 is 5.32 Å². The lowest BCUT2D eigenvalue weighted by Crippen LogP contribution is -2.56. The molecule has 0 spiro atoms. The summed E-state index contributed by atoms with van der Waals surface area (Å²) in [6.07, 6.45) is 0. The quantitative estimate of drug-likeness (QED) is 0.584. The molecule has 0 aromatic heterocycles. The molecule has 1 saturated heterocycles. The fourth-order valence-corrected chi connectivity index (χ4v) is 1.73. The summed E-state index contributed by atoms with van der Waals surface area (Å²) in [4.78, 5) is 10.6. The number of carboxylic acids is 1. The van der Waals surface area contributed by atoms with E-state index >= 15 is 0 Å². The Morgan fingerprint density at radius 2 is 2.23 bits per heavy atom. The van der Waals surface area contributed by atoms with Gasteiger partial charge in [-0.25, -0.2) is 4.79 Å². The highest BCUT2D eigenvalue weighted by Crippen LogP contribution is 2.11. The van der Waals surface area contributed by atoms with Crippen molar-refractivity contribution in [3.63, 3.8) is 0 Å². The van der Waals surface area contributed by atoms with E-state index in [9.17, 15) is 4.79 Å². The molecule has 0 saturated carbocycles. The summed E-state index contributed by atoms with van der Waals surface area (Å²) in [6, 6.07) is 0. The fraction of sp³-hybridized carbons (Fsp3) is 0.889. The molecule has 76 valence electrons. The number of hydrogen-bond donors (Lipinski definition) is 2. The molecule has 1 aliphatic heterocycles. The van der Waals surface area contributed by atoms with E-state index in [0.717, 1.165) is 26.2 Å². The minimum absolute atomic E-state index is 0.243. The van der Waals surface area contributed by atoms with Crippen LogP contribution in [-0.4, -0.2) is 55.3 Å². The van der Waals surface area contributed by atoms with Gasteiger partial charge in [-0.1, -0.05) is 0 Å². The average molecular weight is 187 g/mol. The van der Waals surface area contributed by atoms with E-state index < -0.39 is 5.97 Å². The van der Waals surface area contributed by atoms with Crippen molar-refractivity contribution in [2.75, 3.05) is 39.8 Å². The number of nitrogens with one attached hydrogen (secondary N) is 1. The number of nitrogens with zero attached hydrogens (tertiary/aromatic N) is 1. The third-order valence-corrected chi connectivity index (χ3v) is 2.85. The second-order valence-corrected chi connectivity index (χ2v) is 4.19. The Morgan fingerprint density at radius 1 is 1.62 bits per heavy atom. The summed E-state index contributed by atoms with van der Waals surface area (Å²) in [6.45, 7) is 6.27. The zero-order valence-electron chi connectivity index (χ0n) is 8.42. The van der Waals surface area contributed by atoms with Crippen molar-refractivity contribution in [3.05, 3.63) is 0 Å². The molecule has 1 atom stereocenters. The normalized spacial score (nSPS) is 22.0. The van der Waals surface area contributed by atoms with Gasteiger partial charge >= 0.3 is 5.97 Å². The maximum atomic E-state index is 10.6. The SMILES string of the molecule is CC[N+](C)(CC(=O)O)CC1CNC1. The molecule has 2 N–H and O–H groups in total. The Balaban J connectivity index is 2.41. The zero-order chi connectivity index (χ0) is 9.90. The van der Waals surface area contributed by atoms with Crippen LogP contribution in [0.5, 0.6) is 0 Å². The molecule has 1 fully saturated rings. The third kappa shape index (κ3) is 2.97. The maximum Gasteiger partial charge on any atom is 0.359 e. The van der Waals surface area contributed by atoms with Crippen LogP contribution in [0.1, 0.15) is 6.92 Å². The number of carbonyl (C=O) groups is 1. The van der Waals surface area contributed by atoms with E-state index in [1.807, 2.05) is 7.05 Å². The van der Waals surface area contributed by atoms with E-state index in [1.165, 1.54) is 0 Å². The second kappa shape index (κ2) is 4.07. The van der Waals surface area contributed by atoms with Gasteiger partial charge in [0, 0.05) is 19.0 Å². The van der Waals surface area contributed by atoms with Gasteiger partial charge in [0.1, 0.15) is 0 Å². The maximum absolute atomic E-state index is 10.6. The van der Waals surface area contributed by atoms with E-state index in [1.54, 1.807) is 0 Å². The summed E-state index contributed by atoms with van der Waals surface area (Å²) in [5, 5.41) is 12.0. The van der Waals surface area contributed by atoms with E-state index in [4.69, 9.17) is 5.11 Å². The molecule has 0 radical (unpaired) electrons. The summed E-state index contributed by atoms with van der Waals surface area (Å²) in [5.74, 6) is -0.0269. The molecule has 4 nitrogen and oxygen atoms in total. The Kier molecular flexibility index (Phi) is 3.27. The lowest BCUT2D eigenvalue weighted by Gasteiger charge is -2.38. The third-order valence-electron chi connectivity index (χ3n) is 2.85. The minimum Gasteiger partial charge on any atom is -0.477 e. The first-order chi connectivity index (χ1) is 6.06. The predicted octanol–water partition coefficient (Wildman–Crippen LogP) is -0.243. The van der Waals surface area contributed by atoms with Gasteiger partial charge in [0.05, 0.1) is 20.1 Å². The molecule has 1 aliphatic rings. The van der Waals surface area contributed by atoms with Crippen molar-refractivity contribution < 1.29 is 14.4 Å². The number of aliphatic carboxylic acids is 1. The fourth-order valence-electron chi connectivity index (χ4n) is 1.73. The number of hydrogen-bond acceptors (Lipinski definition) is 2. The van der Waals surface area contributed by atoms with Crippen molar-refractivity contribution in [2.45, 2.75) is 6.92 Å². The molecule has 0 aromatic carbocycles. The highest BCUT2D eigenvalue weighted by Gasteiger charge is 2.30. The standard InChI is InChI=1S/C9H18N2O2/c1-3-11(2,7-9(12)13)6-8-4-10-5-8/h8,10H,3-7H2,1-2H3/p+1. The van der Waals surface area contributed by atoms with Crippen molar-refractivity contribution in [1.29, 1.82) is 0 Å². The number of rotatable bonds is 5. The highest BCUT2D eigenvalue weighted by atomic mass is 16.4. The van der Waals surface area contributed by atoms with Gasteiger partial charge in [-0.05, 0) is 6.92 Å². The van der Waals surface area contributed by atoms with Crippen molar-refractivity contribution in [2.24, 2.45) is 5.92 Å². The predicted molar refractivity (Wildman–Crippen MR) is 50.5 cm³/mol. The molecule has 4 heteroatoms. The average Bonchev–Trinajstić information content (AvgIpc) is 1.96. The van der Waals surface area contributed by atoms with Crippen LogP contribution in [0, 0.1) is 5.92 Å². The van der Waals surface area contributed by atoms with Crippen LogP contribution in [0.4, 0.5) is 0 Å². The number of quaternary nitrogens is 1. The Labute approximate surface area is 79.1 Å². The Hall–Kier alpha value is -0.610. The van der Waals surface area contributed by atoms with Crippen molar-refractivity contribution in [3.8, 4) is 0 Å².